The van der Waals surface area contributed by atoms with Crippen LogP contribution in [-0.2, 0) is 6.42 Å². The Labute approximate surface area is 140 Å². The molecule has 3 rings (SSSR count). The highest BCUT2D eigenvalue weighted by atomic mass is 32.2. The Balaban J connectivity index is 1.47. The Bertz CT molecular complexity index is 715. The summed E-state index contributed by atoms with van der Waals surface area (Å²) in [6, 6.07) is 17.7. The lowest BCUT2D eigenvalue weighted by molar-refractivity contribution is 0.0944. The molecule has 2 N–H and O–H groups in total. The van der Waals surface area contributed by atoms with Crippen LogP contribution in [-0.4, -0.2) is 22.9 Å². The van der Waals surface area contributed by atoms with Gasteiger partial charge in [-0.3, -0.25) is 20.6 Å². The molecule has 1 amide bonds. The molecule has 0 bridgehead atoms. The maximum Gasteiger partial charge on any atom is 0.269 e. The molecule has 4 nitrogen and oxygen atoms in total. The SMILES string of the molecule is Cc1cccc(CC2CN=C(NNC(=O)c3ccccc3)S2)c1. The lowest BCUT2D eigenvalue weighted by atomic mass is 10.1. The molecule has 0 fully saturated rings. The van der Waals surface area contributed by atoms with Crippen LogP contribution in [0, 0.1) is 6.92 Å². The van der Waals surface area contributed by atoms with E-state index in [9.17, 15) is 4.79 Å². The lowest BCUT2D eigenvalue weighted by Gasteiger charge is -2.10. The average molecular weight is 325 g/mol. The number of aliphatic imine (C=N–C) groups is 1. The van der Waals surface area contributed by atoms with E-state index in [1.807, 2.05) is 18.2 Å². The Morgan fingerprint density at radius 1 is 1.22 bits per heavy atom. The third-order valence-electron chi connectivity index (χ3n) is 3.58. The van der Waals surface area contributed by atoms with Gasteiger partial charge in [0, 0.05) is 10.8 Å². The molecule has 0 aliphatic carbocycles. The second-order valence-corrected chi connectivity index (χ2v) is 6.81. The maximum absolute atomic E-state index is 12.0. The third kappa shape index (κ3) is 4.36. The van der Waals surface area contributed by atoms with Gasteiger partial charge in [0.1, 0.15) is 0 Å². The summed E-state index contributed by atoms with van der Waals surface area (Å²) in [5.41, 5.74) is 8.84. The lowest BCUT2D eigenvalue weighted by Crippen LogP contribution is -2.40. The number of rotatable bonds is 3. The normalized spacial score (nSPS) is 16.7. The molecular weight excluding hydrogens is 306 g/mol. The van der Waals surface area contributed by atoms with Crippen molar-refractivity contribution in [3.8, 4) is 0 Å². The van der Waals surface area contributed by atoms with Crippen LogP contribution >= 0.6 is 11.8 Å². The molecule has 0 spiro atoms. The zero-order valence-corrected chi connectivity index (χ0v) is 13.8. The summed E-state index contributed by atoms with van der Waals surface area (Å²) < 4.78 is 0. The Kier molecular flexibility index (Phi) is 4.98. The zero-order valence-electron chi connectivity index (χ0n) is 13.0. The summed E-state index contributed by atoms with van der Waals surface area (Å²) in [6.45, 7) is 2.87. The highest BCUT2D eigenvalue weighted by Gasteiger charge is 2.20. The second kappa shape index (κ2) is 7.33. The average Bonchev–Trinajstić information content (AvgIpc) is 3.01. The predicted octanol–water partition coefficient (Wildman–Crippen LogP) is 2.94. The van der Waals surface area contributed by atoms with E-state index in [1.54, 1.807) is 23.9 Å². The zero-order chi connectivity index (χ0) is 16.1. The first-order chi connectivity index (χ1) is 11.2. The monoisotopic (exact) mass is 325 g/mol. The van der Waals surface area contributed by atoms with Gasteiger partial charge in [-0.1, -0.05) is 59.8 Å². The number of thioether (sulfide) groups is 1. The van der Waals surface area contributed by atoms with Gasteiger partial charge in [-0.2, -0.15) is 0 Å². The molecule has 1 aliphatic rings. The quantitative estimate of drug-likeness (QED) is 0.853. The fourth-order valence-electron chi connectivity index (χ4n) is 2.47. The molecule has 0 radical (unpaired) electrons. The van der Waals surface area contributed by atoms with Crippen molar-refractivity contribution in [1.29, 1.82) is 0 Å². The standard InChI is InChI=1S/C18H19N3OS/c1-13-6-5-7-14(10-13)11-16-12-19-18(23-16)21-20-17(22)15-8-3-2-4-9-15/h2-10,16H,11-12H2,1H3,(H,19,21)(H,20,22). The van der Waals surface area contributed by atoms with Gasteiger partial charge in [0.25, 0.3) is 5.91 Å². The molecule has 23 heavy (non-hydrogen) atoms. The van der Waals surface area contributed by atoms with Gasteiger partial charge in [-0.15, -0.1) is 0 Å². The van der Waals surface area contributed by atoms with E-state index in [-0.39, 0.29) is 5.91 Å². The molecule has 5 heteroatoms. The summed E-state index contributed by atoms with van der Waals surface area (Å²) in [6.07, 6.45) is 0.980. The number of carbonyl (C=O) groups excluding carboxylic acids is 1. The largest absolute Gasteiger partial charge is 0.276 e. The second-order valence-electron chi connectivity index (χ2n) is 5.52. The van der Waals surface area contributed by atoms with Crippen molar-refractivity contribution in [1.82, 2.24) is 10.9 Å². The third-order valence-corrected chi connectivity index (χ3v) is 4.69. The number of benzene rings is 2. The van der Waals surface area contributed by atoms with E-state index >= 15 is 0 Å². The first kappa shape index (κ1) is 15.6. The Morgan fingerprint density at radius 3 is 2.83 bits per heavy atom. The number of carbonyl (C=O) groups is 1. The van der Waals surface area contributed by atoms with E-state index in [0.29, 0.717) is 10.8 Å². The number of hydrogen-bond donors (Lipinski definition) is 2. The summed E-state index contributed by atoms with van der Waals surface area (Å²) in [5, 5.41) is 1.18. The van der Waals surface area contributed by atoms with Crippen molar-refractivity contribution in [2.45, 2.75) is 18.6 Å². The highest BCUT2D eigenvalue weighted by molar-refractivity contribution is 8.14. The molecule has 2 aromatic carbocycles. The maximum atomic E-state index is 12.0. The number of nitrogens with one attached hydrogen (secondary N) is 2. The fraction of sp³-hybridized carbons (Fsp3) is 0.222. The van der Waals surface area contributed by atoms with Gasteiger partial charge in [0.2, 0.25) is 0 Å². The number of amides is 1. The predicted molar refractivity (Wildman–Crippen MR) is 95.6 cm³/mol. The molecule has 2 aromatic rings. The van der Waals surface area contributed by atoms with Crippen molar-refractivity contribution in [2.75, 3.05) is 6.54 Å². The van der Waals surface area contributed by atoms with Crippen molar-refractivity contribution in [3.05, 3.63) is 71.3 Å². The van der Waals surface area contributed by atoms with Gasteiger partial charge in [-0.05, 0) is 31.0 Å². The number of hydrazine groups is 1. The van der Waals surface area contributed by atoms with Gasteiger partial charge in [-0.25, -0.2) is 0 Å². The minimum absolute atomic E-state index is 0.156. The van der Waals surface area contributed by atoms with E-state index in [2.05, 4.69) is 47.0 Å². The van der Waals surface area contributed by atoms with E-state index < -0.39 is 0 Å². The van der Waals surface area contributed by atoms with Gasteiger partial charge < -0.3 is 0 Å². The number of amidine groups is 1. The van der Waals surface area contributed by atoms with E-state index in [4.69, 9.17) is 0 Å². The summed E-state index contributed by atoms with van der Waals surface area (Å²) in [4.78, 5) is 16.4. The van der Waals surface area contributed by atoms with Crippen LogP contribution in [0.3, 0.4) is 0 Å². The molecule has 0 saturated heterocycles. The topological polar surface area (TPSA) is 53.5 Å². The molecule has 118 valence electrons. The van der Waals surface area contributed by atoms with Crippen LogP contribution in [0.5, 0.6) is 0 Å². The smallest absolute Gasteiger partial charge is 0.269 e. The first-order valence-corrected chi connectivity index (χ1v) is 8.47. The van der Waals surface area contributed by atoms with Crippen molar-refractivity contribution in [2.24, 2.45) is 4.99 Å². The minimum Gasteiger partial charge on any atom is -0.276 e. The molecule has 0 aromatic heterocycles. The highest BCUT2D eigenvalue weighted by Crippen LogP contribution is 2.23. The summed E-state index contributed by atoms with van der Waals surface area (Å²) in [5.74, 6) is -0.156. The number of nitrogens with zero attached hydrogens (tertiary/aromatic N) is 1. The van der Waals surface area contributed by atoms with Crippen LogP contribution in [0.25, 0.3) is 0 Å². The van der Waals surface area contributed by atoms with Gasteiger partial charge in [0.05, 0.1) is 6.54 Å². The summed E-state index contributed by atoms with van der Waals surface area (Å²) in [7, 11) is 0. The van der Waals surface area contributed by atoms with Gasteiger partial charge >= 0.3 is 0 Å². The van der Waals surface area contributed by atoms with E-state index in [1.165, 1.54) is 11.1 Å². The van der Waals surface area contributed by atoms with Crippen LogP contribution in [0.1, 0.15) is 21.5 Å². The number of hydrogen-bond acceptors (Lipinski definition) is 4. The van der Waals surface area contributed by atoms with Crippen LogP contribution in [0.4, 0.5) is 0 Å². The molecular formula is C18H19N3OS. The van der Waals surface area contributed by atoms with Crippen LogP contribution in [0.2, 0.25) is 0 Å². The summed E-state index contributed by atoms with van der Waals surface area (Å²) >= 11 is 1.67. The van der Waals surface area contributed by atoms with Crippen molar-refractivity contribution < 1.29 is 4.79 Å². The molecule has 1 atom stereocenters. The molecule has 0 saturated carbocycles. The molecule has 1 aliphatic heterocycles. The minimum atomic E-state index is -0.156. The number of aryl methyl sites for hydroxylation is 1. The first-order valence-electron chi connectivity index (χ1n) is 7.59. The molecule has 1 unspecified atom stereocenters. The van der Waals surface area contributed by atoms with Crippen LogP contribution in [0.15, 0.2) is 59.6 Å². The Hall–Kier alpha value is -2.27. The van der Waals surface area contributed by atoms with Crippen LogP contribution < -0.4 is 10.9 Å². The Morgan fingerprint density at radius 2 is 2.04 bits per heavy atom. The molecule has 1 heterocycles. The van der Waals surface area contributed by atoms with Gasteiger partial charge in [0.15, 0.2) is 5.17 Å². The van der Waals surface area contributed by atoms with Crippen molar-refractivity contribution in [3.63, 3.8) is 0 Å². The van der Waals surface area contributed by atoms with Crippen molar-refractivity contribution >= 4 is 22.8 Å². The fourth-order valence-corrected chi connectivity index (χ4v) is 3.47. The van der Waals surface area contributed by atoms with E-state index in [0.717, 1.165) is 18.1 Å².